The van der Waals surface area contributed by atoms with Crippen molar-refractivity contribution in [3.8, 4) is 0 Å². The van der Waals surface area contributed by atoms with E-state index in [-0.39, 0.29) is 5.69 Å². The molecular weight excluding hydrogens is 308 g/mol. The normalized spacial score (nSPS) is 10.5. The molecule has 0 aliphatic heterocycles. The Morgan fingerprint density at radius 3 is 2.88 bits per heavy atom. The average molecular weight is 315 g/mol. The van der Waals surface area contributed by atoms with Gasteiger partial charge in [0.2, 0.25) is 5.16 Å². The Bertz CT molecular complexity index is 572. The van der Waals surface area contributed by atoms with Crippen LogP contribution in [0.3, 0.4) is 0 Å². The second kappa shape index (κ2) is 4.84. The molecule has 1 heterocycles. The molecule has 0 bridgehead atoms. The lowest BCUT2D eigenvalue weighted by atomic mass is 10.3. The van der Waals surface area contributed by atoms with Crippen molar-refractivity contribution < 1.29 is 4.92 Å². The molecule has 1 aromatic carbocycles. The fraction of sp³-hybridized carbons (Fsp3) is 0.111. The Morgan fingerprint density at radius 2 is 2.29 bits per heavy atom. The number of benzene rings is 1. The number of H-pyrrole nitrogens is 1. The van der Waals surface area contributed by atoms with Gasteiger partial charge >= 0.3 is 0 Å². The molecule has 0 aliphatic rings. The minimum absolute atomic E-state index is 0.0341. The smallest absolute Gasteiger partial charge is 0.262 e. The Kier molecular flexibility index (Phi) is 3.43. The van der Waals surface area contributed by atoms with Crippen LogP contribution in [-0.2, 0) is 0 Å². The molecule has 0 atom stereocenters. The van der Waals surface area contributed by atoms with Gasteiger partial charge in [-0.3, -0.25) is 15.2 Å². The van der Waals surface area contributed by atoms with Crippen LogP contribution in [0.25, 0.3) is 0 Å². The van der Waals surface area contributed by atoms with E-state index in [1.54, 1.807) is 19.1 Å². The number of nitro benzene ring substituents is 1. The first-order chi connectivity index (χ1) is 8.06. The van der Waals surface area contributed by atoms with E-state index in [2.05, 4.69) is 31.1 Å². The number of aromatic nitrogens is 3. The van der Waals surface area contributed by atoms with Gasteiger partial charge in [0.1, 0.15) is 5.82 Å². The van der Waals surface area contributed by atoms with Crippen LogP contribution in [0.4, 0.5) is 5.69 Å². The number of nitro groups is 1. The van der Waals surface area contributed by atoms with Gasteiger partial charge < -0.3 is 0 Å². The van der Waals surface area contributed by atoms with Crippen molar-refractivity contribution >= 4 is 33.4 Å². The molecule has 2 aromatic rings. The minimum atomic E-state index is -0.424. The lowest BCUT2D eigenvalue weighted by Gasteiger charge is -2.00. The fourth-order valence-electron chi connectivity index (χ4n) is 1.19. The summed E-state index contributed by atoms with van der Waals surface area (Å²) in [6, 6.07) is 4.87. The van der Waals surface area contributed by atoms with E-state index in [1.807, 2.05) is 0 Å². The van der Waals surface area contributed by atoms with Gasteiger partial charge in [0.15, 0.2) is 0 Å². The molecule has 2 rings (SSSR count). The van der Waals surface area contributed by atoms with Gasteiger partial charge in [-0.25, -0.2) is 4.98 Å². The number of aromatic amines is 1. The number of hydrogen-bond donors (Lipinski definition) is 1. The maximum Gasteiger partial charge on any atom is 0.284 e. The first kappa shape index (κ1) is 12.1. The van der Waals surface area contributed by atoms with Crippen LogP contribution in [0.1, 0.15) is 5.82 Å². The van der Waals surface area contributed by atoms with Crippen LogP contribution in [0.15, 0.2) is 32.7 Å². The minimum Gasteiger partial charge on any atom is -0.262 e. The summed E-state index contributed by atoms with van der Waals surface area (Å²) < 4.78 is 0.666. The van der Waals surface area contributed by atoms with Crippen molar-refractivity contribution in [1.29, 1.82) is 0 Å². The van der Waals surface area contributed by atoms with E-state index >= 15 is 0 Å². The number of nitrogens with zero attached hydrogens (tertiary/aromatic N) is 3. The highest BCUT2D eigenvalue weighted by atomic mass is 79.9. The van der Waals surface area contributed by atoms with Gasteiger partial charge in [0.05, 0.1) is 9.82 Å². The predicted molar refractivity (Wildman–Crippen MR) is 66.0 cm³/mol. The van der Waals surface area contributed by atoms with Crippen molar-refractivity contribution in [2.24, 2.45) is 0 Å². The van der Waals surface area contributed by atoms with Crippen LogP contribution in [-0.4, -0.2) is 20.1 Å². The zero-order chi connectivity index (χ0) is 12.4. The maximum absolute atomic E-state index is 10.9. The molecule has 0 unspecified atom stereocenters. The highest BCUT2D eigenvalue weighted by Gasteiger charge is 2.16. The lowest BCUT2D eigenvalue weighted by molar-refractivity contribution is -0.387. The summed E-state index contributed by atoms with van der Waals surface area (Å²) in [5, 5.41) is 18.0. The van der Waals surface area contributed by atoms with Gasteiger partial charge in [-0.05, 0) is 30.8 Å². The van der Waals surface area contributed by atoms with Crippen LogP contribution in [0, 0.1) is 17.0 Å². The number of aryl methyl sites for hydroxylation is 1. The van der Waals surface area contributed by atoms with E-state index in [0.717, 1.165) is 11.8 Å². The van der Waals surface area contributed by atoms with Crippen molar-refractivity contribution in [3.05, 3.63) is 38.6 Å². The molecular formula is C9H7BrN4O2S. The van der Waals surface area contributed by atoms with E-state index in [9.17, 15) is 10.1 Å². The predicted octanol–water partition coefficient (Wildman–Crippen LogP) is 2.94. The fourth-order valence-corrected chi connectivity index (χ4v) is 2.38. The largest absolute Gasteiger partial charge is 0.284 e. The topological polar surface area (TPSA) is 84.7 Å². The van der Waals surface area contributed by atoms with Crippen LogP contribution >= 0.6 is 27.7 Å². The second-order valence-electron chi connectivity index (χ2n) is 3.17. The molecule has 8 heteroatoms. The molecule has 0 saturated heterocycles. The number of hydrogen-bond acceptors (Lipinski definition) is 5. The molecule has 1 N–H and O–H groups in total. The zero-order valence-corrected chi connectivity index (χ0v) is 11.1. The van der Waals surface area contributed by atoms with E-state index in [1.165, 1.54) is 6.07 Å². The van der Waals surface area contributed by atoms with E-state index in [0.29, 0.717) is 20.3 Å². The summed E-state index contributed by atoms with van der Waals surface area (Å²) in [5.41, 5.74) is 0.0341. The van der Waals surface area contributed by atoms with Crippen molar-refractivity contribution in [3.63, 3.8) is 0 Å². The highest BCUT2D eigenvalue weighted by molar-refractivity contribution is 9.10. The molecule has 0 spiro atoms. The third-order valence-electron chi connectivity index (χ3n) is 1.90. The first-order valence-electron chi connectivity index (χ1n) is 4.57. The molecule has 0 fully saturated rings. The molecule has 6 nitrogen and oxygen atoms in total. The van der Waals surface area contributed by atoms with Gasteiger partial charge in [-0.15, -0.1) is 5.10 Å². The summed E-state index contributed by atoms with van der Waals surface area (Å²) >= 11 is 4.36. The van der Waals surface area contributed by atoms with E-state index < -0.39 is 4.92 Å². The average Bonchev–Trinajstić information content (AvgIpc) is 2.66. The van der Waals surface area contributed by atoms with Crippen molar-refractivity contribution in [1.82, 2.24) is 15.2 Å². The zero-order valence-electron chi connectivity index (χ0n) is 8.68. The SMILES string of the molecule is Cc1nc(Sc2ccc(Br)cc2[N+](=O)[O-])n[nH]1. The monoisotopic (exact) mass is 314 g/mol. The van der Waals surface area contributed by atoms with Gasteiger partial charge in [0.25, 0.3) is 5.69 Å². The number of rotatable bonds is 3. The highest BCUT2D eigenvalue weighted by Crippen LogP contribution is 2.34. The van der Waals surface area contributed by atoms with Crippen LogP contribution < -0.4 is 0 Å². The Hall–Kier alpha value is -1.41. The summed E-state index contributed by atoms with van der Waals surface area (Å²) in [6.45, 7) is 1.77. The van der Waals surface area contributed by atoms with Gasteiger partial charge in [-0.1, -0.05) is 15.9 Å². The van der Waals surface area contributed by atoms with E-state index in [4.69, 9.17) is 0 Å². The number of halogens is 1. The lowest BCUT2D eigenvalue weighted by Crippen LogP contribution is -1.91. The van der Waals surface area contributed by atoms with Crippen LogP contribution in [0.2, 0.25) is 0 Å². The molecule has 1 aromatic heterocycles. The summed E-state index contributed by atoms with van der Waals surface area (Å²) in [5.74, 6) is 0.673. The Labute approximate surface area is 109 Å². The van der Waals surface area contributed by atoms with Gasteiger partial charge in [0, 0.05) is 10.5 Å². The van der Waals surface area contributed by atoms with Crippen molar-refractivity contribution in [2.45, 2.75) is 17.0 Å². The molecule has 0 aliphatic carbocycles. The third kappa shape index (κ3) is 2.83. The van der Waals surface area contributed by atoms with Gasteiger partial charge in [-0.2, -0.15) is 0 Å². The van der Waals surface area contributed by atoms with Crippen molar-refractivity contribution in [2.75, 3.05) is 0 Å². The summed E-state index contributed by atoms with van der Waals surface area (Å²) in [6.07, 6.45) is 0. The molecule has 0 radical (unpaired) electrons. The maximum atomic E-state index is 10.9. The number of nitrogens with one attached hydrogen (secondary N) is 1. The molecule has 88 valence electrons. The summed E-state index contributed by atoms with van der Waals surface area (Å²) in [4.78, 5) is 15.1. The first-order valence-corrected chi connectivity index (χ1v) is 6.18. The van der Waals surface area contributed by atoms with Crippen LogP contribution in [0.5, 0.6) is 0 Å². The molecule has 0 saturated carbocycles. The molecule has 17 heavy (non-hydrogen) atoms. The third-order valence-corrected chi connectivity index (χ3v) is 3.32. The second-order valence-corrected chi connectivity index (χ2v) is 5.10. The quantitative estimate of drug-likeness (QED) is 0.695. The summed E-state index contributed by atoms with van der Waals surface area (Å²) in [7, 11) is 0. The Balaban J connectivity index is 2.35. The standard InChI is InChI=1S/C9H7BrN4O2S/c1-5-11-9(13-12-5)17-8-3-2-6(10)4-7(8)14(15)16/h2-4H,1H3,(H,11,12,13). The Morgan fingerprint density at radius 1 is 1.53 bits per heavy atom. The molecule has 0 amide bonds.